The molecule has 2 saturated carbocycles. The highest BCUT2D eigenvalue weighted by molar-refractivity contribution is 5.78. The van der Waals surface area contributed by atoms with E-state index in [1.165, 1.54) is 12.8 Å². The Labute approximate surface area is 145 Å². The van der Waals surface area contributed by atoms with Gasteiger partial charge in [-0.15, -0.1) is 0 Å². The monoisotopic (exact) mass is 354 g/mol. The summed E-state index contributed by atoms with van der Waals surface area (Å²) in [5, 5.41) is 7.24. The van der Waals surface area contributed by atoms with Crippen molar-refractivity contribution in [2.45, 2.75) is 75.9 Å². The van der Waals surface area contributed by atoms with Crippen LogP contribution in [0.3, 0.4) is 0 Å². The molecule has 8 heteroatoms. The Bertz CT molecular complexity index is 622. The summed E-state index contributed by atoms with van der Waals surface area (Å²) in [4.78, 5) is 18.4. The Morgan fingerprint density at radius 1 is 1.20 bits per heavy atom. The highest BCUT2D eigenvalue weighted by Gasteiger charge is 2.39. The largest absolute Gasteiger partial charge is 0.337 e. The molecule has 1 saturated heterocycles. The fourth-order valence-corrected chi connectivity index (χ4v) is 3.75. The minimum absolute atomic E-state index is 0.0670. The van der Waals surface area contributed by atoms with Crippen molar-refractivity contribution in [3.05, 3.63) is 11.7 Å². The molecule has 1 aliphatic heterocycles. The number of alkyl halides is 2. The molecule has 138 valence electrons. The third-order valence-corrected chi connectivity index (χ3v) is 5.51. The molecule has 3 fully saturated rings. The van der Waals surface area contributed by atoms with E-state index < -0.39 is 5.92 Å². The van der Waals surface area contributed by atoms with Gasteiger partial charge < -0.3 is 14.7 Å². The summed E-state index contributed by atoms with van der Waals surface area (Å²) >= 11 is 0. The topological polar surface area (TPSA) is 71.3 Å². The standard InChI is InChI=1S/C17H24F2N4O2/c18-17(19)7-5-12(6-8-17)20-9-14-21-16(25-22-14)13-3-4-15(24)23(13)10-11-1-2-11/h11-13,20H,1-10H2/t13-/m0/s1. The van der Waals surface area contributed by atoms with Gasteiger partial charge >= 0.3 is 0 Å². The number of amides is 1. The lowest BCUT2D eigenvalue weighted by molar-refractivity contribution is -0.129. The lowest BCUT2D eigenvalue weighted by Gasteiger charge is -2.28. The second-order valence-corrected chi connectivity index (χ2v) is 7.60. The predicted octanol–water partition coefficient (Wildman–Crippen LogP) is 2.81. The molecular weight excluding hydrogens is 330 g/mol. The maximum absolute atomic E-state index is 13.2. The summed E-state index contributed by atoms with van der Waals surface area (Å²) in [5.74, 6) is -0.704. The number of halogens is 2. The minimum Gasteiger partial charge on any atom is -0.337 e. The molecule has 2 heterocycles. The number of carbonyl (C=O) groups is 1. The van der Waals surface area contributed by atoms with Gasteiger partial charge in [0.05, 0.1) is 6.54 Å². The van der Waals surface area contributed by atoms with Crippen molar-refractivity contribution in [3.63, 3.8) is 0 Å². The average Bonchev–Trinajstić information content (AvgIpc) is 3.16. The summed E-state index contributed by atoms with van der Waals surface area (Å²) in [7, 11) is 0. The molecular formula is C17H24F2N4O2. The van der Waals surface area contributed by atoms with Crippen molar-refractivity contribution < 1.29 is 18.1 Å². The third kappa shape index (κ3) is 3.99. The van der Waals surface area contributed by atoms with Crippen molar-refractivity contribution in [2.24, 2.45) is 5.92 Å². The van der Waals surface area contributed by atoms with E-state index in [0.717, 1.165) is 13.0 Å². The molecule has 0 spiro atoms. The number of nitrogens with one attached hydrogen (secondary N) is 1. The quantitative estimate of drug-likeness (QED) is 0.851. The SMILES string of the molecule is O=C1CC[C@@H](c2nc(CNC3CCC(F)(F)CC3)no2)N1CC1CC1. The minimum atomic E-state index is -2.52. The molecule has 1 atom stereocenters. The maximum Gasteiger partial charge on any atom is 0.249 e. The molecule has 0 radical (unpaired) electrons. The Kier molecular flexibility index (Phi) is 4.47. The number of carbonyl (C=O) groups excluding carboxylic acids is 1. The van der Waals surface area contributed by atoms with E-state index in [-0.39, 0.29) is 30.8 Å². The van der Waals surface area contributed by atoms with Crippen LogP contribution in [-0.4, -0.2) is 39.5 Å². The normalized spacial score (nSPS) is 27.2. The number of hydrogen-bond acceptors (Lipinski definition) is 5. The van der Waals surface area contributed by atoms with Gasteiger partial charge in [0.1, 0.15) is 6.04 Å². The van der Waals surface area contributed by atoms with Crippen molar-refractivity contribution in [1.82, 2.24) is 20.4 Å². The van der Waals surface area contributed by atoms with Gasteiger partial charge in [-0.05, 0) is 38.0 Å². The van der Waals surface area contributed by atoms with E-state index in [0.29, 0.717) is 43.4 Å². The lowest BCUT2D eigenvalue weighted by atomic mass is 9.92. The molecule has 0 bridgehead atoms. The average molecular weight is 354 g/mol. The first-order valence-corrected chi connectivity index (χ1v) is 9.23. The highest BCUT2D eigenvalue weighted by Crippen LogP contribution is 2.38. The first-order valence-electron chi connectivity index (χ1n) is 9.23. The fourth-order valence-electron chi connectivity index (χ4n) is 3.75. The summed E-state index contributed by atoms with van der Waals surface area (Å²) in [5.41, 5.74) is 0. The van der Waals surface area contributed by atoms with Crippen molar-refractivity contribution in [1.29, 1.82) is 0 Å². The molecule has 6 nitrogen and oxygen atoms in total. The van der Waals surface area contributed by atoms with Crippen LogP contribution in [-0.2, 0) is 11.3 Å². The van der Waals surface area contributed by atoms with Gasteiger partial charge in [-0.3, -0.25) is 4.79 Å². The van der Waals surface area contributed by atoms with Gasteiger partial charge in [0.25, 0.3) is 0 Å². The van der Waals surface area contributed by atoms with Crippen molar-refractivity contribution >= 4 is 5.91 Å². The van der Waals surface area contributed by atoms with Crippen LogP contribution in [0.4, 0.5) is 8.78 Å². The summed E-state index contributed by atoms with van der Waals surface area (Å²) in [6, 6.07) is -0.0382. The van der Waals surface area contributed by atoms with E-state index in [1.54, 1.807) is 0 Å². The fraction of sp³-hybridized carbons (Fsp3) is 0.824. The maximum atomic E-state index is 13.2. The zero-order valence-corrected chi connectivity index (χ0v) is 14.2. The lowest BCUT2D eigenvalue weighted by Crippen LogP contribution is -2.36. The van der Waals surface area contributed by atoms with E-state index >= 15 is 0 Å². The summed E-state index contributed by atoms with van der Waals surface area (Å²) < 4.78 is 31.7. The molecule has 0 aromatic carbocycles. The van der Waals surface area contributed by atoms with E-state index in [4.69, 9.17) is 4.52 Å². The molecule has 1 N–H and O–H groups in total. The second kappa shape index (κ2) is 6.63. The molecule has 2 aliphatic carbocycles. The number of aromatic nitrogens is 2. The molecule has 25 heavy (non-hydrogen) atoms. The predicted molar refractivity (Wildman–Crippen MR) is 84.8 cm³/mol. The van der Waals surface area contributed by atoms with Gasteiger partial charge in [-0.2, -0.15) is 4.98 Å². The molecule has 4 rings (SSSR count). The van der Waals surface area contributed by atoms with Crippen LogP contribution in [0.2, 0.25) is 0 Å². The van der Waals surface area contributed by atoms with Crippen LogP contribution in [0.5, 0.6) is 0 Å². The van der Waals surface area contributed by atoms with Gasteiger partial charge in [-0.25, -0.2) is 8.78 Å². The van der Waals surface area contributed by atoms with E-state index in [9.17, 15) is 13.6 Å². The van der Waals surface area contributed by atoms with Crippen molar-refractivity contribution in [2.75, 3.05) is 6.54 Å². The Hall–Kier alpha value is -1.57. The molecule has 1 aromatic rings. The van der Waals surface area contributed by atoms with Gasteiger partial charge in [0, 0.05) is 31.8 Å². The van der Waals surface area contributed by atoms with Gasteiger partial charge in [0.2, 0.25) is 17.7 Å². The van der Waals surface area contributed by atoms with Gasteiger partial charge in [0.15, 0.2) is 5.82 Å². The Balaban J connectivity index is 1.32. The molecule has 1 aromatic heterocycles. The zero-order valence-electron chi connectivity index (χ0n) is 14.2. The third-order valence-electron chi connectivity index (χ3n) is 5.51. The number of nitrogens with zero attached hydrogens (tertiary/aromatic N) is 3. The number of hydrogen-bond donors (Lipinski definition) is 1. The van der Waals surface area contributed by atoms with Crippen molar-refractivity contribution in [3.8, 4) is 0 Å². The van der Waals surface area contributed by atoms with Crippen LogP contribution in [0, 0.1) is 5.92 Å². The summed E-state index contributed by atoms with van der Waals surface area (Å²) in [6.45, 7) is 1.19. The smallest absolute Gasteiger partial charge is 0.249 e. The Morgan fingerprint density at radius 3 is 2.68 bits per heavy atom. The first kappa shape index (κ1) is 16.9. The molecule has 0 unspecified atom stereocenters. The van der Waals surface area contributed by atoms with Crippen LogP contribution < -0.4 is 5.32 Å². The second-order valence-electron chi connectivity index (χ2n) is 7.60. The van der Waals surface area contributed by atoms with E-state index in [1.807, 2.05) is 4.90 Å². The first-order chi connectivity index (χ1) is 12.0. The summed E-state index contributed by atoms with van der Waals surface area (Å²) in [6.07, 6.45) is 4.42. The molecule has 3 aliphatic rings. The Morgan fingerprint density at radius 2 is 1.96 bits per heavy atom. The van der Waals surface area contributed by atoms with Gasteiger partial charge in [-0.1, -0.05) is 5.16 Å². The zero-order chi connectivity index (χ0) is 17.4. The number of likely N-dealkylation sites (tertiary alicyclic amines) is 1. The number of rotatable bonds is 6. The van der Waals surface area contributed by atoms with E-state index in [2.05, 4.69) is 15.5 Å². The van der Waals surface area contributed by atoms with Crippen LogP contribution in [0.25, 0.3) is 0 Å². The highest BCUT2D eigenvalue weighted by atomic mass is 19.3. The molecule has 1 amide bonds. The van der Waals surface area contributed by atoms with Crippen LogP contribution in [0.1, 0.15) is 69.1 Å². The van der Waals surface area contributed by atoms with Crippen LogP contribution in [0.15, 0.2) is 4.52 Å². The van der Waals surface area contributed by atoms with Crippen LogP contribution >= 0.6 is 0 Å².